The van der Waals surface area contributed by atoms with Gasteiger partial charge in [-0.05, 0) is 54.6 Å². The van der Waals surface area contributed by atoms with E-state index in [2.05, 4.69) is 0 Å². The maximum absolute atomic E-state index is 14.0. The highest BCUT2D eigenvalue weighted by Crippen LogP contribution is 2.36. The van der Waals surface area contributed by atoms with E-state index in [0.29, 0.717) is 5.56 Å². The molecule has 0 N–H and O–H groups in total. The van der Waals surface area contributed by atoms with Crippen molar-refractivity contribution < 1.29 is 33.2 Å². The van der Waals surface area contributed by atoms with Gasteiger partial charge in [0.25, 0.3) is 16.8 Å². The summed E-state index contributed by atoms with van der Waals surface area (Å²) in [5.74, 6) is -1.62. The highest BCUT2D eigenvalue weighted by atomic mass is 32.2. The number of hydrogen-bond acceptors (Lipinski definition) is 8. The minimum atomic E-state index is -0.813. The fourth-order valence-corrected chi connectivity index (χ4v) is 4.30. The summed E-state index contributed by atoms with van der Waals surface area (Å²) in [4.78, 5) is 49.3. The lowest BCUT2D eigenvalue weighted by Gasteiger charge is -2.13. The van der Waals surface area contributed by atoms with Crippen LogP contribution in [0.15, 0.2) is 71.6 Å². The number of non-ortho nitro benzene ring substituents is 1. The van der Waals surface area contributed by atoms with Crippen molar-refractivity contribution >= 4 is 40.6 Å². The van der Waals surface area contributed by atoms with Crippen LogP contribution in [0.3, 0.4) is 0 Å². The Morgan fingerprint density at radius 2 is 1.86 bits per heavy atom. The Labute approximate surface area is 214 Å². The van der Waals surface area contributed by atoms with Crippen LogP contribution in [0, 0.1) is 15.9 Å². The summed E-state index contributed by atoms with van der Waals surface area (Å²) < 4.78 is 25.0. The van der Waals surface area contributed by atoms with Gasteiger partial charge in [0.15, 0.2) is 11.5 Å². The molecule has 1 heterocycles. The zero-order valence-corrected chi connectivity index (χ0v) is 20.2. The van der Waals surface area contributed by atoms with Crippen LogP contribution in [0.5, 0.6) is 11.5 Å². The van der Waals surface area contributed by atoms with E-state index in [1.165, 1.54) is 54.6 Å². The lowest BCUT2D eigenvalue weighted by Crippen LogP contribution is -2.27. The first-order chi connectivity index (χ1) is 17.8. The van der Waals surface area contributed by atoms with E-state index in [4.69, 9.17) is 9.47 Å². The summed E-state index contributed by atoms with van der Waals surface area (Å²) in [5, 5.41) is 10.5. The van der Waals surface area contributed by atoms with Gasteiger partial charge < -0.3 is 9.47 Å². The minimum Gasteiger partial charge on any atom is -0.490 e. The summed E-state index contributed by atoms with van der Waals surface area (Å²) >= 11 is 0.732. The molecule has 188 valence electrons. The number of carbonyl (C=O) groups is 3. The van der Waals surface area contributed by atoms with Crippen LogP contribution >= 0.6 is 11.8 Å². The number of nitro groups is 1. The second-order valence-electron chi connectivity index (χ2n) is 7.70. The number of halogens is 1. The van der Waals surface area contributed by atoms with Crippen LogP contribution in [0.1, 0.15) is 28.4 Å². The molecule has 11 heteroatoms. The number of ether oxygens (including phenoxy) is 2. The molecule has 0 unspecified atom stereocenters. The van der Waals surface area contributed by atoms with Crippen molar-refractivity contribution in [1.82, 2.24) is 4.90 Å². The summed E-state index contributed by atoms with van der Waals surface area (Å²) in [6.45, 7) is 1.78. The molecule has 1 aliphatic rings. The van der Waals surface area contributed by atoms with Crippen molar-refractivity contribution in [3.05, 3.63) is 104 Å². The number of hydrogen-bond donors (Lipinski definition) is 0. The maximum atomic E-state index is 14.0. The van der Waals surface area contributed by atoms with Gasteiger partial charge in [-0.15, -0.1) is 0 Å². The van der Waals surface area contributed by atoms with Gasteiger partial charge in [-0.2, -0.15) is 0 Å². The molecule has 37 heavy (non-hydrogen) atoms. The summed E-state index contributed by atoms with van der Waals surface area (Å²) in [7, 11) is 0. The number of amides is 2. The van der Waals surface area contributed by atoms with E-state index in [9.17, 15) is 28.9 Å². The van der Waals surface area contributed by atoms with Crippen molar-refractivity contribution in [3.8, 4) is 11.5 Å². The SMILES string of the molecule is CCOc1cc(/C=C2\SC(=O)N(Cc3ccccc3F)C2=O)ccc1OC(=O)c1cccc([N+](=O)[O-])c1. The first-order valence-corrected chi connectivity index (χ1v) is 11.8. The Morgan fingerprint density at radius 3 is 2.59 bits per heavy atom. The number of nitrogens with zero attached hydrogens (tertiary/aromatic N) is 2. The normalized spacial score (nSPS) is 14.2. The zero-order chi connectivity index (χ0) is 26.5. The standard InChI is InChI=1S/C26H19FN2O7S/c1-2-35-22-12-16(10-11-21(22)36-25(31)17-7-5-8-19(14-17)29(33)34)13-23-24(30)28(26(32)37-23)15-18-6-3-4-9-20(18)27/h3-14H,2,15H2,1H3/b23-13-. The van der Waals surface area contributed by atoms with Gasteiger partial charge in [0.1, 0.15) is 5.82 Å². The number of benzene rings is 3. The number of esters is 1. The zero-order valence-electron chi connectivity index (χ0n) is 19.4. The Hall–Kier alpha value is -4.51. The van der Waals surface area contributed by atoms with Crippen molar-refractivity contribution in [1.29, 1.82) is 0 Å². The Bertz CT molecular complexity index is 1440. The third-order valence-corrected chi connectivity index (χ3v) is 6.13. The monoisotopic (exact) mass is 522 g/mol. The average molecular weight is 523 g/mol. The molecule has 0 saturated carbocycles. The molecule has 9 nitrogen and oxygen atoms in total. The number of thioether (sulfide) groups is 1. The van der Waals surface area contributed by atoms with Crippen LogP contribution in [-0.4, -0.2) is 33.5 Å². The third-order valence-electron chi connectivity index (χ3n) is 5.22. The molecule has 3 aromatic rings. The predicted octanol–water partition coefficient (Wildman–Crippen LogP) is 5.59. The summed E-state index contributed by atoms with van der Waals surface area (Å²) in [5.41, 5.74) is 0.456. The molecule has 2 amide bonds. The maximum Gasteiger partial charge on any atom is 0.343 e. The summed E-state index contributed by atoms with van der Waals surface area (Å²) in [6.07, 6.45) is 1.49. The lowest BCUT2D eigenvalue weighted by molar-refractivity contribution is -0.384. The molecule has 3 aromatic carbocycles. The molecule has 0 atom stereocenters. The molecule has 1 fully saturated rings. The molecule has 0 aromatic heterocycles. The van der Waals surface area contributed by atoms with Gasteiger partial charge in [-0.1, -0.05) is 30.3 Å². The van der Waals surface area contributed by atoms with Gasteiger partial charge in [0.05, 0.1) is 28.5 Å². The highest BCUT2D eigenvalue weighted by Gasteiger charge is 2.35. The molecule has 1 saturated heterocycles. The fraction of sp³-hybridized carbons (Fsp3) is 0.115. The van der Waals surface area contributed by atoms with E-state index >= 15 is 0 Å². The molecule has 0 spiro atoms. The first-order valence-electron chi connectivity index (χ1n) is 11.0. The van der Waals surface area contributed by atoms with E-state index in [1.807, 2.05) is 0 Å². The third kappa shape index (κ3) is 5.84. The largest absolute Gasteiger partial charge is 0.490 e. The van der Waals surface area contributed by atoms with Crippen LogP contribution in [0.4, 0.5) is 14.9 Å². The van der Waals surface area contributed by atoms with E-state index in [1.54, 1.807) is 19.1 Å². The highest BCUT2D eigenvalue weighted by molar-refractivity contribution is 8.18. The quantitative estimate of drug-likeness (QED) is 0.124. The number of imide groups is 1. The lowest BCUT2D eigenvalue weighted by atomic mass is 10.1. The van der Waals surface area contributed by atoms with Gasteiger partial charge in [0, 0.05) is 17.7 Å². The predicted molar refractivity (Wildman–Crippen MR) is 134 cm³/mol. The topological polar surface area (TPSA) is 116 Å². The molecular weight excluding hydrogens is 503 g/mol. The smallest absolute Gasteiger partial charge is 0.343 e. The molecule has 4 rings (SSSR count). The van der Waals surface area contributed by atoms with Crippen LogP contribution < -0.4 is 9.47 Å². The Kier molecular flexibility index (Phi) is 7.63. The molecule has 0 radical (unpaired) electrons. The Balaban J connectivity index is 1.55. The van der Waals surface area contributed by atoms with Crippen molar-refractivity contribution in [2.45, 2.75) is 13.5 Å². The second kappa shape index (κ2) is 11.0. The molecule has 0 aliphatic carbocycles. The van der Waals surface area contributed by atoms with Gasteiger partial charge in [-0.25, -0.2) is 9.18 Å². The average Bonchev–Trinajstić information content (AvgIpc) is 3.14. The van der Waals surface area contributed by atoms with Crippen LogP contribution in [0.2, 0.25) is 0 Å². The van der Waals surface area contributed by atoms with Gasteiger partial charge in [-0.3, -0.25) is 24.6 Å². The molecule has 0 bridgehead atoms. The minimum absolute atomic E-state index is 0.00995. The van der Waals surface area contributed by atoms with Crippen molar-refractivity contribution in [2.24, 2.45) is 0 Å². The van der Waals surface area contributed by atoms with E-state index in [0.717, 1.165) is 22.7 Å². The van der Waals surface area contributed by atoms with Crippen molar-refractivity contribution in [3.63, 3.8) is 0 Å². The fourth-order valence-electron chi connectivity index (χ4n) is 3.46. The molecular formula is C26H19FN2O7S. The number of carbonyl (C=O) groups excluding carboxylic acids is 3. The van der Waals surface area contributed by atoms with Crippen LogP contribution in [0.25, 0.3) is 6.08 Å². The second-order valence-corrected chi connectivity index (χ2v) is 8.69. The van der Waals surface area contributed by atoms with E-state index < -0.39 is 27.9 Å². The number of nitro benzene ring substituents is 1. The van der Waals surface area contributed by atoms with Crippen LogP contribution in [-0.2, 0) is 11.3 Å². The van der Waals surface area contributed by atoms with Gasteiger partial charge >= 0.3 is 5.97 Å². The number of rotatable bonds is 8. The summed E-state index contributed by atoms with van der Waals surface area (Å²) in [6, 6.07) is 15.6. The Morgan fingerprint density at radius 1 is 1.08 bits per heavy atom. The van der Waals surface area contributed by atoms with Gasteiger partial charge in [0.2, 0.25) is 0 Å². The first kappa shape index (κ1) is 25.6. The molecule has 1 aliphatic heterocycles. The van der Waals surface area contributed by atoms with Crippen molar-refractivity contribution in [2.75, 3.05) is 6.61 Å². The van der Waals surface area contributed by atoms with E-state index in [-0.39, 0.29) is 46.4 Å².